The second-order valence-corrected chi connectivity index (χ2v) is 5.53. The van der Waals surface area contributed by atoms with Gasteiger partial charge in [0.2, 0.25) is 0 Å². The summed E-state index contributed by atoms with van der Waals surface area (Å²) in [5, 5.41) is 22.3. The highest BCUT2D eigenvalue weighted by Crippen LogP contribution is 2.29. The van der Waals surface area contributed by atoms with E-state index in [1.54, 1.807) is 18.3 Å². The first-order chi connectivity index (χ1) is 11.7. The minimum Gasteiger partial charge on any atom is -0.363 e. The van der Waals surface area contributed by atoms with Crippen molar-refractivity contribution >= 4 is 11.4 Å². The zero-order valence-electron chi connectivity index (χ0n) is 12.6. The molecule has 1 aliphatic rings. The maximum Gasteiger partial charge on any atom is 0.269 e. The number of nitrogens with one attached hydrogen (secondary N) is 3. The number of nitro groups is 1. The smallest absolute Gasteiger partial charge is 0.269 e. The summed E-state index contributed by atoms with van der Waals surface area (Å²) in [4.78, 5) is 13.6. The van der Waals surface area contributed by atoms with Crippen LogP contribution < -0.4 is 5.43 Å². The van der Waals surface area contributed by atoms with Crippen LogP contribution in [-0.2, 0) is 0 Å². The van der Waals surface area contributed by atoms with Gasteiger partial charge in [-0.05, 0) is 29.8 Å². The average Bonchev–Trinajstić information content (AvgIpc) is 3.33. The summed E-state index contributed by atoms with van der Waals surface area (Å²) in [7, 11) is 0. The van der Waals surface area contributed by atoms with E-state index in [-0.39, 0.29) is 11.7 Å². The molecule has 4 rings (SSSR count). The zero-order valence-corrected chi connectivity index (χ0v) is 12.6. The Hall–Kier alpha value is -3.42. The first-order valence-corrected chi connectivity index (χ1v) is 7.46. The number of aromatic amines is 2. The van der Waals surface area contributed by atoms with E-state index in [9.17, 15) is 10.1 Å². The third kappa shape index (κ3) is 2.43. The fraction of sp³-hybridized carbons (Fsp3) is 0.125. The number of non-ortho nitro benzene ring substituents is 1. The average molecular weight is 322 g/mol. The predicted molar refractivity (Wildman–Crippen MR) is 88.5 cm³/mol. The van der Waals surface area contributed by atoms with Gasteiger partial charge in [-0.3, -0.25) is 15.2 Å². The number of H-pyrrole nitrogens is 2. The van der Waals surface area contributed by atoms with Crippen LogP contribution in [0.2, 0.25) is 0 Å². The van der Waals surface area contributed by atoms with Gasteiger partial charge in [-0.1, -0.05) is 0 Å². The molecule has 1 unspecified atom stereocenters. The van der Waals surface area contributed by atoms with Crippen molar-refractivity contribution in [1.82, 2.24) is 20.6 Å². The van der Waals surface area contributed by atoms with E-state index < -0.39 is 4.92 Å². The molecule has 0 spiro atoms. The first-order valence-electron chi connectivity index (χ1n) is 7.46. The number of hydrogen-bond donors (Lipinski definition) is 3. The quantitative estimate of drug-likeness (QED) is 0.506. The molecular weight excluding hydrogens is 308 g/mol. The SMILES string of the molecule is O=[N+]([O-])c1ccc(-c2cn[nH]c2C2=NNC(c3ccc[nH]3)C2)cc1. The summed E-state index contributed by atoms with van der Waals surface area (Å²) in [6.07, 6.45) is 4.32. The number of benzene rings is 1. The highest BCUT2D eigenvalue weighted by atomic mass is 16.6. The normalized spacial score (nSPS) is 16.7. The van der Waals surface area contributed by atoms with E-state index in [1.165, 1.54) is 12.1 Å². The highest BCUT2D eigenvalue weighted by molar-refractivity contribution is 6.05. The molecule has 0 saturated carbocycles. The molecule has 1 aliphatic heterocycles. The summed E-state index contributed by atoms with van der Waals surface area (Å²) in [5.41, 5.74) is 7.69. The zero-order chi connectivity index (χ0) is 16.5. The number of rotatable bonds is 4. The number of hydrogen-bond acceptors (Lipinski definition) is 5. The Balaban J connectivity index is 1.60. The summed E-state index contributed by atoms with van der Waals surface area (Å²) in [6.45, 7) is 0. The Morgan fingerprint density at radius 3 is 2.75 bits per heavy atom. The standard InChI is InChI=1S/C16H14N6O2/c23-22(24)11-5-3-10(4-6-11)12-9-18-21-16(12)15-8-14(19-20-15)13-2-1-7-17-13/h1-7,9,14,17,19H,8H2,(H,18,21). The van der Waals surface area contributed by atoms with Gasteiger partial charge in [-0.25, -0.2) is 0 Å². The van der Waals surface area contributed by atoms with Gasteiger partial charge in [-0.2, -0.15) is 10.2 Å². The van der Waals surface area contributed by atoms with E-state index in [0.717, 1.165) is 34.6 Å². The summed E-state index contributed by atoms with van der Waals surface area (Å²) < 4.78 is 0. The van der Waals surface area contributed by atoms with Crippen LogP contribution in [0.15, 0.2) is 53.9 Å². The van der Waals surface area contributed by atoms with Gasteiger partial charge in [0.05, 0.1) is 28.6 Å². The van der Waals surface area contributed by atoms with E-state index in [0.29, 0.717) is 0 Å². The van der Waals surface area contributed by atoms with Crippen molar-refractivity contribution in [3.05, 3.63) is 70.3 Å². The van der Waals surface area contributed by atoms with Crippen LogP contribution in [0, 0.1) is 10.1 Å². The van der Waals surface area contributed by atoms with E-state index in [4.69, 9.17) is 0 Å². The van der Waals surface area contributed by atoms with Gasteiger partial charge in [0.1, 0.15) is 0 Å². The fourth-order valence-corrected chi connectivity index (χ4v) is 2.83. The molecule has 8 nitrogen and oxygen atoms in total. The summed E-state index contributed by atoms with van der Waals surface area (Å²) in [6, 6.07) is 10.5. The fourth-order valence-electron chi connectivity index (χ4n) is 2.83. The van der Waals surface area contributed by atoms with Crippen LogP contribution in [0.4, 0.5) is 5.69 Å². The third-order valence-electron chi connectivity index (χ3n) is 4.07. The molecule has 0 amide bonds. The molecule has 120 valence electrons. The third-order valence-corrected chi connectivity index (χ3v) is 4.07. The molecule has 0 bridgehead atoms. The second-order valence-electron chi connectivity index (χ2n) is 5.53. The lowest BCUT2D eigenvalue weighted by Gasteiger charge is -2.07. The molecular formula is C16H14N6O2. The number of hydrazone groups is 1. The van der Waals surface area contributed by atoms with Crippen molar-refractivity contribution in [2.75, 3.05) is 0 Å². The Morgan fingerprint density at radius 1 is 1.21 bits per heavy atom. The van der Waals surface area contributed by atoms with Gasteiger partial charge in [0.25, 0.3) is 5.69 Å². The first kappa shape index (κ1) is 14.2. The van der Waals surface area contributed by atoms with Crippen LogP contribution in [0.3, 0.4) is 0 Å². The second kappa shape index (κ2) is 5.65. The molecule has 0 saturated heterocycles. The van der Waals surface area contributed by atoms with Crippen molar-refractivity contribution in [3.8, 4) is 11.1 Å². The van der Waals surface area contributed by atoms with Crippen LogP contribution >= 0.6 is 0 Å². The van der Waals surface area contributed by atoms with Crippen molar-refractivity contribution < 1.29 is 4.92 Å². The molecule has 1 aromatic carbocycles. The molecule has 3 heterocycles. The minimum atomic E-state index is -0.411. The monoisotopic (exact) mass is 322 g/mol. The molecule has 1 atom stereocenters. The Morgan fingerprint density at radius 2 is 2.04 bits per heavy atom. The summed E-state index contributed by atoms with van der Waals surface area (Å²) in [5.74, 6) is 0. The molecule has 3 aromatic rings. The van der Waals surface area contributed by atoms with Gasteiger partial charge < -0.3 is 10.4 Å². The van der Waals surface area contributed by atoms with Crippen LogP contribution in [0.1, 0.15) is 23.9 Å². The molecule has 2 aromatic heterocycles. The van der Waals surface area contributed by atoms with Crippen LogP contribution in [0.5, 0.6) is 0 Å². The predicted octanol–water partition coefficient (Wildman–Crippen LogP) is 2.75. The van der Waals surface area contributed by atoms with E-state index in [1.807, 2.05) is 18.3 Å². The van der Waals surface area contributed by atoms with E-state index >= 15 is 0 Å². The lowest BCUT2D eigenvalue weighted by atomic mass is 10.0. The maximum atomic E-state index is 10.8. The molecule has 24 heavy (non-hydrogen) atoms. The maximum absolute atomic E-state index is 10.8. The van der Waals surface area contributed by atoms with E-state index in [2.05, 4.69) is 25.7 Å². The van der Waals surface area contributed by atoms with Crippen LogP contribution in [-0.4, -0.2) is 25.8 Å². The van der Waals surface area contributed by atoms with Crippen LogP contribution in [0.25, 0.3) is 11.1 Å². The molecule has 0 radical (unpaired) electrons. The van der Waals surface area contributed by atoms with Gasteiger partial charge in [-0.15, -0.1) is 0 Å². The Kier molecular flexibility index (Phi) is 3.34. The van der Waals surface area contributed by atoms with Gasteiger partial charge >= 0.3 is 0 Å². The Labute approximate surface area is 136 Å². The number of aromatic nitrogens is 3. The van der Waals surface area contributed by atoms with Crippen molar-refractivity contribution in [2.24, 2.45) is 5.10 Å². The number of nitrogens with zero attached hydrogens (tertiary/aromatic N) is 3. The lowest BCUT2D eigenvalue weighted by molar-refractivity contribution is -0.384. The summed E-state index contributed by atoms with van der Waals surface area (Å²) >= 11 is 0. The lowest BCUT2D eigenvalue weighted by Crippen LogP contribution is -2.10. The van der Waals surface area contributed by atoms with Gasteiger partial charge in [0.15, 0.2) is 0 Å². The molecule has 0 fully saturated rings. The van der Waals surface area contributed by atoms with Crippen molar-refractivity contribution in [1.29, 1.82) is 0 Å². The number of nitro benzene ring substituents is 1. The largest absolute Gasteiger partial charge is 0.363 e. The molecule has 3 N–H and O–H groups in total. The molecule has 0 aliphatic carbocycles. The topological polar surface area (TPSA) is 112 Å². The van der Waals surface area contributed by atoms with Gasteiger partial charge in [0, 0.05) is 36.0 Å². The Bertz CT molecular complexity index is 895. The minimum absolute atomic E-state index is 0.0653. The highest BCUT2D eigenvalue weighted by Gasteiger charge is 2.25. The molecule has 8 heteroatoms. The van der Waals surface area contributed by atoms with Crippen molar-refractivity contribution in [2.45, 2.75) is 12.5 Å². The van der Waals surface area contributed by atoms with Crippen molar-refractivity contribution in [3.63, 3.8) is 0 Å².